The number of aromatic nitrogens is 2. The molecule has 1 aromatic carbocycles. The Morgan fingerprint density at radius 1 is 0.959 bits per heavy atom. The predicted molar refractivity (Wildman–Crippen MR) is 173 cm³/mol. The van der Waals surface area contributed by atoms with Crippen LogP contribution in [0.3, 0.4) is 0 Å². The quantitative estimate of drug-likeness (QED) is 0.277. The van der Waals surface area contributed by atoms with Crippen LogP contribution in [0.25, 0.3) is 5.69 Å². The lowest BCUT2D eigenvalue weighted by atomic mass is 10.1. The standard InChI is InChI=1S/C33H43N7O9/c1-3-48-33(47)38-18-16-37(17-19-38)32(46)24(13-14-28(41)42)35-29(43)25-20-27(40(36-25)23-8-5-4-6-9-23)49-21(2)31(45)39-15-7-10-26(39)30(44)34-22-11-12-22/h4-6,8-9,20-22,24,26H,3,7,10-19H2,1-2H3,(H,34,44)(H,35,43)(H,41,42)/t21-,24-,26-/m0/s1. The minimum absolute atomic E-state index is 0.0823. The van der Waals surface area contributed by atoms with Gasteiger partial charge in [-0.3, -0.25) is 24.0 Å². The summed E-state index contributed by atoms with van der Waals surface area (Å²) in [6, 6.07) is 8.58. The second-order valence-electron chi connectivity index (χ2n) is 12.3. The van der Waals surface area contributed by atoms with Crippen molar-refractivity contribution in [2.24, 2.45) is 0 Å². The maximum Gasteiger partial charge on any atom is 0.409 e. The van der Waals surface area contributed by atoms with Crippen LogP contribution in [0.4, 0.5) is 4.79 Å². The summed E-state index contributed by atoms with van der Waals surface area (Å²) in [5, 5.41) is 19.4. The van der Waals surface area contributed by atoms with E-state index in [-0.39, 0.29) is 75.1 Å². The highest BCUT2D eigenvalue weighted by Gasteiger charge is 2.39. The smallest absolute Gasteiger partial charge is 0.409 e. The number of ether oxygens (including phenoxy) is 2. The van der Waals surface area contributed by atoms with Gasteiger partial charge in [0.25, 0.3) is 11.8 Å². The topological polar surface area (TPSA) is 193 Å². The van der Waals surface area contributed by atoms with E-state index in [2.05, 4.69) is 15.7 Å². The summed E-state index contributed by atoms with van der Waals surface area (Å²) >= 11 is 0. The molecule has 0 radical (unpaired) electrons. The molecule has 0 spiro atoms. The number of hydrogen-bond donors (Lipinski definition) is 3. The Hall–Kier alpha value is -5.15. The average Bonchev–Trinajstić information content (AvgIpc) is 3.59. The van der Waals surface area contributed by atoms with Crippen LogP contribution >= 0.6 is 0 Å². The van der Waals surface area contributed by atoms with Crippen molar-refractivity contribution in [3.63, 3.8) is 0 Å². The second kappa shape index (κ2) is 15.8. The third-order valence-corrected chi connectivity index (χ3v) is 8.69. The SMILES string of the molecule is CCOC(=O)N1CCN(C(=O)[C@H](CCC(=O)O)NC(=O)c2cc(O[C@@H](C)C(=O)N3CCC[C@H]3C(=O)NC3CC3)n(-c3ccccc3)n2)CC1. The fraction of sp³-hybridized carbons (Fsp3) is 0.545. The number of para-hydroxylation sites is 1. The van der Waals surface area contributed by atoms with Gasteiger partial charge in [0.2, 0.25) is 17.7 Å². The number of carboxylic acid groups (broad SMARTS) is 1. The van der Waals surface area contributed by atoms with E-state index >= 15 is 0 Å². The van der Waals surface area contributed by atoms with Crippen molar-refractivity contribution < 1.29 is 43.3 Å². The Kier molecular flexibility index (Phi) is 11.4. The number of benzene rings is 1. The maximum absolute atomic E-state index is 13.6. The molecule has 16 nitrogen and oxygen atoms in total. The first-order valence-corrected chi connectivity index (χ1v) is 16.7. The molecule has 264 valence electrons. The monoisotopic (exact) mass is 681 g/mol. The van der Waals surface area contributed by atoms with E-state index in [4.69, 9.17) is 9.47 Å². The first-order chi connectivity index (χ1) is 23.5. The fourth-order valence-electron chi connectivity index (χ4n) is 5.91. The van der Waals surface area contributed by atoms with Gasteiger partial charge in [-0.2, -0.15) is 5.10 Å². The fourth-order valence-corrected chi connectivity index (χ4v) is 5.91. The third kappa shape index (κ3) is 8.86. The Bertz CT molecular complexity index is 1540. The van der Waals surface area contributed by atoms with Crippen LogP contribution in [-0.4, -0.2) is 129 Å². The van der Waals surface area contributed by atoms with E-state index in [1.807, 2.05) is 0 Å². The van der Waals surface area contributed by atoms with Gasteiger partial charge in [-0.25, -0.2) is 9.48 Å². The number of nitrogens with zero attached hydrogens (tertiary/aromatic N) is 5. The minimum atomic E-state index is -1.18. The lowest BCUT2D eigenvalue weighted by Gasteiger charge is -2.35. The van der Waals surface area contributed by atoms with Crippen LogP contribution in [0, 0.1) is 0 Å². The molecule has 1 aromatic heterocycles. The zero-order chi connectivity index (χ0) is 35.1. The number of carbonyl (C=O) groups excluding carboxylic acids is 5. The summed E-state index contributed by atoms with van der Waals surface area (Å²) in [6.07, 6.45) is 1.08. The zero-order valence-electron chi connectivity index (χ0n) is 27.7. The number of amides is 5. The molecule has 5 amide bonds. The molecule has 3 fully saturated rings. The average molecular weight is 682 g/mol. The summed E-state index contributed by atoms with van der Waals surface area (Å²) in [4.78, 5) is 81.5. The zero-order valence-corrected chi connectivity index (χ0v) is 27.7. The predicted octanol–water partition coefficient (Wildman–Crippen LogP) is 1.17. The van der Waals surface area contributed by atoms with Crippen molar-refractivity contribution in [2.45, 2.75) is 76.6 Å². The Balaban J connectivity index is 1.31. The highest BCUT2D eigenvalue weighted by Crippen LogP contribution is 2.25. The summed E-state index contributed by atoms with van der Waals surface area (Å²) in [6.45, 7) is 4.74. The van der Waals surface area contributed by atoms with E-state index in [1.165, 1.54) is 25.4 Å². The van der Waals surface area contributed by atoms with Gasteiger partial charge in [0.05, 0.1) is 12.3 Å². The van der Waals surface area contributed by atoms with Crippen molar-refractivity contribution in [3.8, 4) is 11.6 Å². The maximum atomic E-state index is 13.6. The van der Waals surface area contributed by atoms with Crippen LogP contribution in [0.1, 0.15) is 62.9 Å². The van der Waals surface area contributed by atoms with E-state index < -0.39 is 42.1 Å². The molecule has 3 heterocycles. The van der Waals surface area contributed by atoms with Crippen molar-refractivity contribution in [2.75, 3.05) is 39.3 Å². The van der Waals surface area contributed by atoms with Crippen LogP contribution < -0.4 is 15.4 Å². The molecule has 3 N–H and O–H groups in total. The molecule has 2 saturated heterocycles. The van der Waals surface area contributed by atoms with Gasteiger partial charge in [-0.05, 0) is 58.1 Å². The molecule has 0 bridgehead atoms. The van der Waals surface area contributed by atoms with Gasteiger partial charge in [-0.15, -0.1) is 0 Å². The second-order valence-corrected chi connectivity index (χ2v) is 12.3. The van der Waals surface area contributed by atoms with E-state index in [1.54, 1.807) is 44.2 Å². The molecule has 5 rings (SSSR count). The molecule has 2 aliphatic heterocycles. The number of piperazine rings is 1. The number of carbonyl (C=O) groups is 6. The molecule has 3 aliphatic rings. The Morgan fingerprint density at radius 3 is 2.31 bits per heavy atom. The van der Waals surface area contributed by atoms with E-state index in [0.29, 0.717) is 25.1 Å². The normalized spacial score (nSPS) is 18.7. The lowest BCUT2D eigenvalue weighted by molar-refractivity contribution is -0.143. The molecule has 2 aromatic rings. The van der Waals surface area contributed by atoms with Crippen molar-refractivity contribution in [1.82, 2.24) is 35.1 Å². The summed E-state index contributed by atoms with van der Waals surface area (Å²) in [5.41, 5.74) is 0.415. The largest absolute Gasteiger partial charge is 0.481 e. The van der Waals surface area contributed by atoms with Gasteiger partial charge >= 0.3 is 12.1 Å². The summed E-state index contributed by atoms with van der Waals surface area (Å²) in [5.74, 6) is -2.82. The first-order valence-electron chi connectivity index (χ1n) is 16.7. The molecule has 1 aliphatic carbocycles. The third-order valence-electron chi connectivity index (χ3n) is 8.69. The molecular formula is C33H43N7O9. The molecular weight excluding hydrogens is 638 g/mol. The number of rotatable bonds is 13. The highest BCUT2D eigenvalue weighted by molar-refractivity contribution is 5.96. The van der Waals surface area contributed by atoms with Crippen molar-refractivity contribution in [3.05, 3.63) is 42.1 Å². The summed E-state index contributed by atoms with van der Waals surface area (Å²) < 4.78 is 12.5. The van der Waals surface area contributed by atoms with Crippen LogP contribution in [0.5, 0.6) is 5.88 Å². The minimum Gasteiger partial charge on any atom is -0.481 e. The number of aliphatic carboxylic acids is 1. The Labute approximate surface area is 283 Å². The van der Waals surface area contributed by atoms with E-state index in [0.717, 1.165) is 12.8 Å². The van der Waals surface area contributed by atoms with E-state index in [9.17, 15) is 33.9 Å². The van der Waals surface area contributed by atoms with Gasteiger partial charge in [-0.1, -0.05) is 18.2 Å². The van der Waals surface area contributed by atoms with Crippen molar-refractivity contribution >= 4 is 35.7 Å². The number of carboxylic acids is 1. The van der Waals surface area contributed by atoms with Gasteiger partial charge < -0.3 is 39.9 Å². The number of nitrogens with one attached hydrogen (secondary N) is 2. The van der Waals surface area contributed by atoms with Crippen LogP contribution in [-0.2, 0) is 23.9 Å². The Morgan fingerprint density at radius 2 is 1.65 bits per heavy atom. The highest BCUT2D eigenvalue weighted by atomic mass is 16.6. The van der Waals surface area contributed by atoms with Crippen LogP contribution in [0.15, 0.2) is 36.4 Å². The van der Waals surface area contributed by atoms with Gasteiger partial charge in [0, 0.05) is 51.3 Å². The molecule has 0 unspecified atom stereocenters. The van der Waals surface area contributed by atoms with Crippen LogP contribution in [0.2, 0.25) is 0 Å². The number of likely N-dealkylation sites (tertiary alicyclic amines) is 1. The first kappa shape index (κ1) is 35.2. The molecule has 1 saturated carbocycles. The number of hydrogen-bond acceptors (Lipinski definition) is 9. The lowest BCUT2D eigenvalue weighted by Crippen LogP contribution is -2.56. The van der Waals surface area contributed by atoms with Crippen molar-refractivity contribution in [1.29, 1.82) is 0 Å². The summed E-state index contributed by atoms with van der Waals surface area (Å²) in [7, 11) is 0. The van der Waals surface area contributed by atoms with Gasteiger partial charge in [0.15, 0.2) is 11.8 Å². The molecule has 16 heteroatoms. The molecule has 3 atom stereocenters. The van der Waals surface area contributed by atoms with Gasteiger partial charge in [0.1, 0.15) is 12.1 Å². The molecule has 49 heavy (non-hydrogen) atoms.